The summed E-state index contributed by atoms with van der Waals surface area (Å²) in [5.74, 6) is 0. The maximum absolute atomic E-state index is 12.4. The molecule has 0 N–H and O–H groups in total. The largest absolute Gasteiger partial charge is 0.444 e. The van der Waals surface area contributed by atoms with E-state index in [1.54, 1.807) is 32.9 Å². The maximum Gasteiger partial charge on any atom is 0.412 e. The molecule has 1 fully saturated rings. The van der Waals surface area contributed by atoms with Crippen molar-refractivity contribution in [3.63, 3.8) is 0 Å². The van der Waals surface area contributed by atoms with Gasteiger partial charge >= 0.3 is 6.09 Å². The highest BCUT2D eigenvalue weighted by molar-refractivity contribution is 7.86. The Balaban J connectivity index is 2.16. The van der Waals surface area contributed by atoms with Gasteiger partial charge in [0.05, 0.1) is 4.90 Å². The highest BCUT2D eigenvalue weighted by atomic mass is 32.2. The molecule has 134 valence electrons. The summed E-state index contributed by atoms with van der Waals surface area (Å²) >= 11 is 0. The number of carbonyl (C=O) groups is 1. The van der Waals surface area contributed by atoms with E-state index < -0.39 is 33.6 Å². The maximum atomic E-state index is 12.4. The summed E-state index contributed by atoms with van der Waals surface area (Å²) in [7, 11) is -3.95. The average Bonchev–Trinajstić information content (AvgIpc) is 2.34. The van der Waals surface area contributed by atoms with Gasteiger partial charge in [-0.15, -0.1) is 0 Å². The van der Waals surface area contributed by atoms with Crippen LogP contribution in [0.2, 0.25) is 0 Å². The van der Waals surface area contributed by atoms with Gasteiger partial charge in [-0.1, -0.05) is 17.7 Å². The van der Waals surface area contributed by atoms with Gasteiger partial charge in [-0.25, -0.2) is 8.98 Å². The van der Waals surface area contributed by atoms with Crippen LogP contribution in [0.5, 0.6) is 0 Å². The zero-order valence-corrected chi connectivity index (χ0v) is 15.8. The SMILES string of the molecule is Cc1ccc(S(=O)(=O)OC2CC(C)(C)N2C(=O)OC(C)(C)C)cc1. The van der Waals surface area contributed by atoms with E-state index in [1.807, 2.05) is 20.8 Å². The molecule has 6 nitrogen and oxygen atoms in total. The third-order valence-corrected chi connectivity index (χ3v) is 5.08. The zero-order chi connectivity index (χ0) is 18.3. The fraction of sp³-hybridized carbons (Fsp3) is 0.588. The van der Waals surface area contributed by atoms with E-state index in [0.717, 1.165) is 5.56 Å². The fourth-order valence-electron chi connectivity index (χ4n) is 2.55. The van der Waals surface area contributed by atoms with Crippen LogP contribution in [0, 0.1) is 6.92 Å². The van der Waals surface area contributed by atoms with Crippen LogP contribution in [-0.2, 0) is 19.0 Å². The summed E-state index contributed by atoms with van der Waals surface area (Å²) in [6.07, 6.45) is -1.03. The standard InChI is InChI=1S/C17H25NO5S/c1-12-7-9-13(10-8-12)24(20,21)23-14-11-17(5,6)18(14)15(19)22-16(2,3)4/h7-10,14H,11H2,1-6H3. The Bertz CT molecular complexity index is 716. The van der Waals surface area contributed by atoms with E-state index in [2.05, 4.69) is 0 Å². The molecule has 0 saturated carbocycles. The van der Waals surface area contributed by atoms with Gasteiger partial charge in [0.25, 0.3) is 10.1 Å². The predicted octanol–water partition coefficient (Wildman–Crippen LogP) is 3.45. The first-order valence-electron chi connectivity index (χ1n) is 7.84. The van der Waals surface area contributed by atoms with Crippen LogP contribution < -0.4 is 0 Å². The van der Waals surface area contributed by atoms with Crippen LogP contribution in [0.3, 0.4) is 0 Å². The molecule has 1 aromatic carbocycles. The molecule has 1 amide bonds. The number of nitrogens with zero attached hydrogens (tertiary/aromatic N) is 1. The van der Waals surface area contributed by atoms with E-state index in [4.69, 9.17) is 8.92 Å². The van der Waals surface area contributed by atoms with Crippen molar-refractivity contribution in [2.75, 3.05) is 0 Å². The molecule has 1 unspecified atom stereocenters. The molecule has 0 spiro atoms. The van der Waals surface area contributed by atoms with Crippen LogP contribution in [0.15, 0.2) is 29.2 Å². The van der Waals surface area contributed by atoms with E-state index in [1.165, 1.54) is 17.0 Å². The van der Waals surface area contributed by atoms with Crippen molar-refractivity contribution in [1.29, 1.82) is 0 Å². The molecule has 1 aliphatic heterocycles. The summed E-state index contributed by atoms with van der Waals surface area (Å²) in [6.45, 7) is 10.8. The third kappa shape index (κ3) is 4.08. The first-order chi connectivity index (χ1) is 10.8. The van der Waals surface area contributed by atoms with Crippen molar-refractivity contribution < 1.29 is 22.1 Å². The summed E-state index contributed by atoms with van der Waals surface area (Å²) in [5, 5.41) is 0. The number of aryl methyl sites for hydroxylation is 1. The van der Waals surface area contributed by atoms with Crippen molar-refractivity contribution in [2.24, 2.45) is 0 Å². The molecule has 24 heavy (non-hydrogen) atoms. The summed E-state index contributed by atoms with van der Waals surface area (Å²) < 4.78 is 35.5. The molecule has 0 radical (unpaired) electrons. The highest BCUT2D eigenvalue weighted by Crippen LogP contribution is 2.39. The van der Waals surface area contributed by atoms with Crippen molar-refractivity contribution in [2.45, 2.75) is 70.2 Å². The minimum absolute atomic E-state index is 0.0712. The lowest BCUT2D eigenvalue weighted by Gasteiger charge is -2.53. The van der Waals surface area contributed by atoms with Gasteiger partial charge in [-0.3, -0.25) is 4.90 Å². The van der Waals surface area contributed by atoms with Crippen LogP contribution >= 0.6 is 0 Å². The quantitative estimate of drug-likeness (QED) is 0.777. The lowest BCUT2D eigenvalue weighted by molar-refractivity contribution is -0.134. The Kier molecular flexibility index (Phi) is 4.71. The first kappa shape index (κ1) is 18.7. The Hall–Kier alpha value is -1.60. The Morgan fingerprint density at radius 2 is 1.75 bits per heavy atom. The summed E-state index contributed by atoms with van der Waals surface area (Å²) in [4.78, 5) is 13.8. The van der Waals surface area contributed by atoms with Gasteiger partial charge in [0.2, 0.25) is 0 Å². The summed E-state index contributed by atoms with van der Waals surface area (Å²) in [6, 6.07) is 6.39. The van der Waals surface area contributed by atoms with Gasteiger partial charge in [0, 0.05) is 12.0 Å². The molecule has 0 aliphatic carbocycles. The second-order valence-corrected chi connectivity index (χ2v) is 9.26. The number of carbonyl (C=O) groups excluding carboxylic acids is 1. The molecule has 0 aromatic heterocycles. The zero-order valence-electron chi connectivity index (χ0n) is 15.0. The molecule has 1 heterocycles. The number of hydrogen-bond donors (Lipinski definition) is 0. The normalized spacial score (nSPS) is 20.4. The molecule has 1 atom stereocenters. The lowest BCUT2D eigenvalue weighted by Crippen LogP contribution is -2.66. The van der Waals surface area contributed by atoms with Gasteiger partial charge in [0.15, 0.2) is 6.23 Å². The minimum Gasteiger partial charge on any atom is -0.444 e. The molecule has 1 aromatic rings. The molecule has 0 bridgehead atoms. The van der Waals surface area contributed by atoms with Crippen LogP contribution in [-0.4, -0.2) is 36.8 Å². The van der Waals surface area contributed by atoms with E-state index in [-0.39, 0.29) is 4.90 Å². The number of benzene rings is 1. The van der Waals surface area contributed by atoms with Gasteiger partial charge in [0.1, 0.15) is 5.60 Å². The second-order valence-electron chi connectivity index (χ2n) is 7.68. The molecule has 2 rings (SSSR count). The molecule has 1 saturated heterocycles. The Morgan fingerprint density at radius 1 is 1.21 bits per heavy atom. The predicted molar refractivity (Wildman–Crippen MR) is 90.0 cm³/mol. The van der Waals surface area contributed by atoms with Gasteiger partial charge in [-0.2, -0.15) is 8.42 Å². The summed E-state index contributed by atoms with van der Waals surface area (Å²) in [5.41, 5.74) is -0.229. The highest BCUT2D eigenvalue weighted by Gasteiger charge is 2.52. The minimum atomic E-state index is -3.95. The molecular formula is C17H25NO5S. The number of likely N-dealkylation sites (tertiary alicyclic amines) is 1. The van der Waals surface area contributed by atoms with Crippen molar-refractivity contribution in [3.05, 3.63) is 29.8 Å². The smallest absolute Gasteiger partial charge is 0.412 e. The van der Waals surface area contributed by atoms with E-state index >= 15 is 0 Å². The number of amides is 1. The number of hydrogen-bond acceptors (Lipinski definition) is 5. The molecular weight excluding hydrogens is 330 g/mol. The second kappa shape index (κ2) is 6.04. The topological polar surface area (TPSA) is 72.9 Å². The van der Waals surface area contributed by atoms with Crippen LogP contribution in [0.25, 0.3) is 0 Å². The number of rotatable bonds is 3. The van der Waals surface area contributed by atoms with Gasteiger partial charge < -0.3 is 4.74 Å². The Morgan fingerprint density at radius 3 is 2.21 bits per heavy atom. The van der Waals surface area contributed by atoms with Crippen molar-refractivity contribution in [3.8, 4) is 0 Å². The average molecular weight is 355 g/mol. The monoisotopic (exact) mass is 355 g/mol. The number of ether oxygens (including phenoxy) is 1. The molecule has 7 heteroatoms. The lowest BCUT2D eigenvalue weighted by atomic mass is 9.88. The van der Waals surface area contributed by atoms with E-state index in [9.17, 15) is 13.2 Å². The van der Waals surface area contributed by atoms with Crippen molar-refractivity contribution >= 4 is 16.2 Å². The van der Waals surface area contributed by atoms with Crippen LogP contribution in [0.1, 0.15) is 46.6 Å². The first-order valence-corrected chi connectivity index (χ1v) is 9.25. The van der Waals surface area contributed by atoms with Gasteiger partial charge in [-0.05, 0) is 53.7 Å². The van der Waals surface area contributed by atoms with Crippen molar-refractivity contribution in [1.82, 2.24) is 4.90 Å². The van der Waals surface area contributed by atoms with E-state index in [0.29, 0.717) is 6.42 Å². The fourth-order valence-corrected chi connectivity index (χ4v) is 3.58. The Labute approximate surface area is 143 Å². The molecule has 1 aliphatic rings. The van der Waals surface area contributed by atoms with Crippen LogP contribution in [0.4, 0.5) is 4.79 Å². The third-order valence-electron chi connectivity index (χ3n) is 3.75.